The summed E-state index contributed by atoms with van der Waals surface area (Å²) in [5.41, 5.74) is 2.69. The van der Waals surface area contributed by atoms with Crippen LogP contribution in [0.3, 0.4) is 0 Å². The Balaban J connectivity index is 2.04. The quantitative estimate of drug-likeness (QED) is 0.767. The Morgan fingerprint density at radius 1 is 1.40 bits per heavy atom. The molecule has 0 saturated carbocycles. The highest BCUT2D eigenvalue weighted by Crippen LogP contribution is 2.19. The highest BCUT2D eigenvalue weighted by Gasteiger charge is 2.23. The number of aliphatic hydroxyl groups is 1. The Kier molecular flexibility index (Phi) is 3.39. The molecule has 1 aliphatic heterocycles. The summed E-state index contributed by atoms with van der Waals surface area (Å²) in [6.45, 7) is 4.03. The fourth-order valence-electron chi connectivity index (χ4n) is 2.24. The molecule has 2 nitrogen and oxygen atoms in total. The first kappa shape index (κ1) is 10.7. The van der Waals surface area contributed by atoms with E-state index in [1.54, 1.807) is 0 Å². The third kappa shape index (κ3) is 2.58. The molecule has 1 aromatic carbocycles. The van der Waals surface area contributed by atoms with Crippen LogP contribution >= 0.6 is 0 Å². The van der Waals surface area contributed by atoms with Crippen molar-refractivity contribution in [3.63, 3.8) is 0 Å². The standard InChI is InChI=1S/C13H19NO/c1-10-4-2-3-5-11(10)8-12-9-14-7-6-13(12)15/h2-5,12-15H,6-9H2,1H3. The number of benzene rings is 1. The Hall–Kier alpha value is -0.860. The van der Waals surface area contributed by atoms with Crippen LogP contribution in [0.15, 0.2) is 24.3 Å². The molecular formula is C13H19NO. The van der Waals surface area contributed by atoms with E-state index in [0.29, 0.717) is 5.92 Å². The molecule has 0 spiro atoms. The van der Waals surface area contributed by atoms with Gasteiger partial charge in [-0.15, -0.1) is 0 Å². The van der Waals surface area contributed by atoms with Crippen molar-refractivity contribution in [1.82, 2.24) is 5.32 Å². The Morgan fingerprint density at radius 2 is 2.20 bits per heavy atom. The summed E-state index contributed by atoms with van der Waals surface area (Å²) in [4.78, 5) is 0. The molecule has 1 saturated heterocycles. The molecule has 82 valence electrons. The summed E-state index contributed by atoms with van der Waals surface area (Å²) < 4.78 is 0. The second-order valence-electron chi connectivity index (χ2n) is 4.45. The van der Waals surface area contributed by atoms with Crippen LogP contribution in [0.2, 0.25) is 0 Å². The Labute approximate surface area is 91.3 Å². The molecule has 2 rings (SSSR count). The Bertz CT molecular complexity index is 324. The second-order valence-corrected chi connectivity index (χ2v) is 4.45. The molecule has 0 amide bonds. The number of rotatable bonds is 2. The minimum absolute atomic E-state index is 0.133. The molecule has 1 heterocycles. The average molecular weight is 205 g/mol. The highest BCUT2D eigenvalue weighted by molar-refractivity contribution is 5.26. The van der Waals surface area contributed by atoms with Gasteiger partial charge in [-0.3, -0.25) is 0 Å². The first-order valence-electron chi connectivity index (χ1n) is 5.70. The summed E-state index contributed by atoms with van der Waals surface area (Å²) in [7, 11) is 0. The fraction of sp³-hybridized carbons (Fsp3) is 0.538. The van der Waals surface area contributed by atoms with Crippen molar-refractivity contribution in [3.8, 4) is 0 Å². The summed E-state index contributed by atoms with van der Waals surface area (Å²) >= 11 is 0. The van der Waals surface area contributed by atoms with E-state index in [-0.39, 0.29) is 6.10 Å². The van der Waals surface area contributed by atoms with E-state index in [1.807, 2.05) is 0 Å². The first-order valence-corrected chi connectivity index (χ1v) is 5.70. The van der Waals surface area contributed by atoms with Crippen LogP contribution < -0.4 is 5.32 Å². The lowest BCUT2D eigenvalue weighted by Crippen LogP contribution is -2.40. The summed E-state index contributed by atoms with van der Waals surface area (Å²) in [5.74, 6) is 0.375. The molecule has 1 aliphatic rings. The van der Waals surface area contributed by atoms with Crippen molar-refractivity contribution < 1.29 is 5.11 Å². The fourth-order valence-corrected chi connectivity index (χ4v) is 2.24. The van der Waals surface area contributed by atoms with E-state index in [1.165, 1.54) is 11.1 Å². The van der Waals surface area contributed by atoms with Gasteiger partial charge in [0.1, 0.15) is 0 Å². The lowest BCUT2D eigenvalue weighted by Gasteiger charge is -2.28. The summed E-state index contributed by atoms with van der Waals surface area (Å²) in [6.07, 6.45) is 1.74. The SMILES string of the molecule is Cc1ccccc1CC1CNCCC1O. The third-order valence-electron chi connectivity index (χ3n) is 3.31. The van der Waals surface area contributed by atoms with Crippen LogP contribution in [-0.4, -0.2) is 24.3 Å². The zero-order valence-corrected chi connectivity index (χ0v) is 9.24. The lowest BCUT2D eigenvalue weighted by atomic mass is 9.88. The molecular weight excluding hydrogens is 186 g/mol. The van der Waals surface area contributed by atoms with Crippen molar-refractivity contribution >= 4 is 0 Å². The smallest absolute Gasteiger partial charge is 0.0595 e. The van der Waals surface area contributed by atoms with Crippen molar-refractivity contribution in [2.45, 2.75) is 25.9 Å². The maximum Gasteiger partial charge on any atom is 0.0595 e. The van der Waals surface area contributed by atoms with Crippen molar-refractivity contribution in [1.29, 1.82) is 0 Å². The highest BCUT2D eigenvalue weighted by atomic mass is 16.3. The van der Waals surface area contributed by atoms with Crippen molar-refractivity contribution in [2.75, 3.05) is 13.1 Å². The molecule has 15 heavy (non-hydrogen) atoms. The van der Waals surface area contributed by atoms with Gasteiger partial charge in [-0.2, -0.15) is 0 Å². The largest absolute Gasteiger partial charge is 0.393 e. The van der Waals surface area contributed by atoms with E-state index in [2.05, 4.69) is 36.5 Å². The predicted molar refractivity (Wildman–Crippen MR) is 61.9 cm³/mol. The maximum atomic E-state index is 9.88. The third-order valence-corrected chi connectivity index (χ3v) is 3.31. The van der Waals surface area contributed by atoms with Gasteiger partial charge in [-0.1, -0.05) is 24.3 Å². The van der Waals surface area contributed by atoms with E-state index < -0.39 is 0 Å². The van der Waals surface area contributed by atoms with Crippen molar-refractivity contribution in [2.24, 2.45) is 5.92 Å². The maximum absolute atomic E-state index is 9.88. The molecule has 1 aromatic rings. The molecule has 0 aliphatic carbocycles. The summed E-state index contributed by atoms with van der Waals surface area (Å²) in [5, 5.41) is 13.2. The molecule has 0 bridgehead atoms. The molecule has 2 N–H and O–H groups in total. The van der Waals surface area contributed by atoms with Crippen LogP contribution in [0.5, 0.6) is 0 Å². The van der Waals surface area contributed by atoms with Gasteiger partial charge in [-0.25, -0.2) is 0 Å². The van der Waals surface area contributed by atoms with E-state index >= 15 is 0 Å². The number of hydrogen-bond acceptors (Lipinski definition) is 2. The topological polar surface area (TPSA) is 32.3 Å². The number of hydrogen-bond donors (Lipinski definition) is 2. The van der Waals surface area contributed by atoms with Gasteiger partial charge in [0.25, 0.3) is 0 Å². The van der Waals surface area contributed by atoms with E-state index in [9.17, 15) is 5.11 Å². The zero-order chi connectivity index (χ0) is 10.7. The van der Waals surface area contributed by atoms with Crippen LogP contribution in [-0.2, 0) is 6.42 Å². The molecule has 2 atom stereocenters. The molecule has 2 unspecified atom stereocenters. The van der Waals surface area contributed by atoms with Crippen LogP contribution in [0.1, 0.15) is 17.5 Å². The first-order chi connectivity index (χ1) is 7.27. The van der Waals surface area contributed by atoms with Gasteiger partial charge in [0.2, 0.25) is 0 Å². The minimum atomic E-state index is -0.133. The van der Waals surface area contributed by atoms with Gasteiger partial charge in [0.15, 0.2) is 0 Å². The van der Waals surface area contributed by atoms with Crippen LogP contribution in [0.25, 0.3) is 0 Å². The number of nitrogens with one attached hydrogen (secondary N) is 1. The van der Waals surface area contributed by atoms with Gasteiger partial charge >= 0.3 is 0 Å². The minimum Gasteiger partial charge on any atom is -0.393 e. The molecule has 2 heteroatoms. The van der Waals surface area contributed by atoms with Gasteiger partial charge in [0.05, 0.1) is 6.10 Å². The van der Waals surface area contributed by atoms with Gasteiger partial charge in [0, 0.05) is 12.5 Å². The Morgan fingerprint density at radius 3 is 2.93 bits per heavy atom. The monoisotopic (exact) mass is 205 g/mol. The van der Waals surface area contributed by atoms with Crippen molar-refractivity contribution in [3.05, 3.63) is 35.4 Å². The molecule has 1 fully saturated rings. The average Bonchev–Trinajstić information content (AvgIpc) is 2.24. The van der Waals surface area contributed by atoms with Crippen LogP contribution in [0, 0.1) is 12.8 Å². The number of aryl methyl sites for hydroxylation is 1. The zero-order valence-electron chi connectivity index (χ0n) is 9.24. The van der Waals surface area contributed by atoms with Gasteiger partial charge < -0.3 is 10.4 Å². The van der Waals surface area contributed by atoms with E-state index in [0.717, 1.165) is 25.9 Å². The number of piperidine rings is 1. The second kappa shape index (κ2) is 4.77. The molecule has 0 radical (unpaired) electrons. The van der Waals surface area contributed by atoms with Gasteiger partial charge in [-0.05, 0) is 37.4 Å². The lowest BCUT2D eigenvalue weighted by molar-refractivity contribution is 0.0791. The van der Waals surface area contributed by atoms with E-state index in [4.69, 9.17) is 0 Å². The molecule has 0 aromatic heterocycles. The predicted octanol–water partition coefficient (Wildman–Crippen LogP) is 1.51. The number of aliphatic hydroxyl groups excluding tert-OH is 1. The summed E-state index contributed by atoms with van der Waals surface area (Å²) in [6, 6.07) is 8.44. The van der Waals surface area contributed by atoms with Crippen LogP contribution in [0.4, 0.5) is 0 Å². The normalized spacial score (nSPS) is 26.5.